The summed E-state index contributed by atoms with van der Waals surface area (Å²) in [5, 5.41) is 9.76. The molecule has 0 aliphatic carbocycles. The number of hydrogen-bond donors (Lipinski definition) is 3. The van der Waals surface area contributed by atoms with Crippen LogP contribution in [-0.4, -0.2) is 66.5 Å². The van der Waals surface area contributed by atoms with Gasteiger partial charge < -0.3 is 25.6 Å². The molecule has 1 saturated heterocycles. The number of rotatable bonds is 9. The zero-order valence-electron chi connectivity index (χ0n) is 20.2. The summed E-state index contributed by atoms with van der Waals surface area (Å²) >= 11 is 0. The molecule has 9 nitrogen and oxygen atoms in total. The van der Waals surface area contributed by atoms with Gasteiger partial charge in [0.1, 0.15) is 18.4 Å². The monoisotopic (exact) mass is 480 g/mol. The Kier molecular flexibility index (Phi) is 8.57. The Morgan fingerprint density at radius 1 is 1.06 bits per heavy atom. The van der Waals surface area contributed by atoms with E-state index in [0.29, 0.717) is 31.2 Å². The quantitative estimate of drug-likeness (QED) is 0.468. The number of nitrogens with zero attached hydrogens (tertiary/aromatic N) is 1. The molecule has 1 aliphatic heterocycles. The number of hydrogen-bond acceptors (Lipinski definition) is 5. The maximum absolute atomic E-state index is 13.5. The lowest BCUT2D eigenvalue weighted by atomic mass is 10.0. The van der Waals surface area contributed by atoms with Crippen LogP contribution in [-0.2, 0) is 19.2 Å². The molecule has 1 aliphatic rings. The van der Waals surface area contributed by atoms with Gasteiger partial charge in [-0.25, -0.2) is 0 Å². The van der Waals surface area contributed by atoms with Crippen molar-refractivity contribution >= 4 is 40.7 Å². The number of carbonyl (C=O) groups is 5. The van der Waals surface area contributed by atoms with Crippen molar-refractivity contribution in [3.05, 3.63) is 48.0 Å². The van der Waals surface area contributed by atoms with Gasteiger partial charge in [-0.3, -0.25) is 19.2 Å². The Labute approximate surface area is 204 Å². The third-order valence-electron chi connectivity index (χ3n) is 6.25. The molecule has 3 atom stereocenters. The van der Waals surface area contributed by atoms with Crippen LogP contribution in [0.3, 0.4) is 0 Å². The van der Waals surface area contributed by atoms with Crippen molar-refractivity contribution in [3.63, 3.8) is 0 Å². The summed E-state index contributed by atoms with van der Waals surface area (Å²) in [5.74, 6) is -1.79. The molecule has 0 aromatic heterocycles. The van der Waals surface area contributed by atoms with Crippen LogP contribution in [0.15, 0.2) is 42.5 Å². The molecule has 0 spiro atoms. The van der Waals surface area contributed by atoms with Crippen molar-refractivity contribution in [2.75, 3.05) is 13.6 Å². The molecule has 3 N–H and O–H groups in total. The highest BCUT2D eigenvalue weighted by atomic mass is 16.2. The second kappa shape index (κ2) is 11.6. The van der Waals surface area contributed by atoms with E-state index in [1.807, 2.05) is 44.2 Å². The molecule has 3 rings (SSSR count). The fourth-order valence-corrected chi connectivity index (χ4v) is 4.26. The summed E-state index contributed by atoms with van der Waals surface area (Å²) < 4.78 is 0. The van der Waals surface area contributed by atoms with Crippen molar-refractivity contribution in [2.45, 2.75) is 51.2 Å². The van der Waals surface area contributed by atoms with Crippen molar-refractivity contribution < 1.29 is 24.0 Å². The second-order valence-electron chi connectivity index (χ2n) is 9.08. The minimum atomic E-state index is -0.978. The Balaban J connectivity index is 1.72. The molecule has 35 heavy (non-hydrogen) atoms. The zero-order valence-corrected chi connectivity index (χ0v) is 20.2. The van der Waals surface area contributed by atoms with Gasteiger partial charge in [0.05, 0.1) is 12.5 Å². The number of benzene rings is 2. The van der Waals surface area contributed by atoms with E-state index in [-0.39, 0.29) is 30.1 Å². The number of aldehydes is 1. The number of likely N-dealkylation sites (tertiary alicyclic amines) is 1. The average Bonchev–Trinajstić information content (AvgIpc) is 3.35. The van der Waals surface area contributed by atoms with E-state index in [1.165, 1.54) is 11.9 Å². The van der Waals surface area contributed by atoms with Crippen LogP contribution in [0, 0.1) is 5.92 Å². The molecule has 2 aromatic rings. The van der Waals surface area contributed by atoms with Gasteiger partial charge in [-0.15, -0.1) is 0 Å². The third kappa shape index (κ3) is 6.23. The molecule has 2 aromatic carbocycles. The SMILES string of the molecule is CNC(=O)C[C@@H](C=O)NC(=O)[C@@H]1CCCN1C(=O)[C@@H](NC(=O)c1ccc2ccccc2c1)C(C)C. The molecule has 4 amide bonds. The van der Waals surface area contributed by atoms with Gasteiger partial charge in [0, 0.05) is 19.2 Å². The van der Waals surface area contributed by atoms with Gasteiger partial charge in [0.15, 0.2) is 0 Å². The molecule has 186 valence electrons. The summed E-state index contributed by atoms with van der Waals surface area (Å²) in [6.45, 7) is 4.04. The van der Waals surface area contributed by atoms with E-state index >= 15 is 0 Å². The van der Waals surface area contributed by atoms with Crippen LogP contribution in [0.2, 0.25) is 0 Å². The summed E-state index contributed by atoms with van der Waals surface area (Å²) in [6, 6.07) is 10.5. The Bertz CT molecular complexity index is 1120. The maximum Gasteiger partial charge on any atom is 0.251 e. The smallest absolute Gasteiger partial charge is 0.251 e. The van der Waals surface area contributed by atoms with Gasteiger partial charge >= 0.3 is 0 Å². The Morgan fingerprint density at radius 3 is 2.43 bits per heavy atom. The van der Waals surface area contributed by atoms with Crippen LogP contribution in [0.1, 0.15) is 43.5 Å². The first kappa shape index (κ1) is 25.9. The van der Waals surface area contributed by atoms with Crippen molar-refractivity contribution in [2.24, 2.45) is 5.92 Å². The summed E-state index contributed by atoms with van der Waals surface area (Å²) in [4.78, 5) is 63.7. The topological polar surface area (TPSA) is 125 Å². The van der Waals surface area contributed by atoms with E-state index in [1.54, 1.807) is 12.1 Å². The van der Waals surface area contributed by atoms with Gasteiger partial charge in [0.25, 0.3) is 5.91 Å². The minimum Gasteiger partial charge on any atom is -0.359 e. The molecule has 0 saturated carbocycles. The van der Waals surface area contributed by atoms with E-state index in [2.05, 4.69) is 16.0 Å². The van der Waals surface area contributed by atoms with Crippen LogP contribution in [0.5, 0.6) is 0 Å². The first-order valence-electron chi connectivity index (χ1n) is 11.8. The fourth-order valence-electron chi connectivity index (χ4n) is 4.26. The number of nitrogens with one attached hydrogen (secondary N) is 3. The van der Waals surface area contributed by atoms with Crippen molar-refractivity contribution in [1.29, 1.82) is 0 Å². The number of carbonyl (C=O) groups excluding carboxylic acids is 5. The summed E-state index contributed by atoms with van der Waals surface area (Å²) in [6.07, 6.45) is 1.39. The lowest BCUT2D eigenvalue weighted by molar-refractivity contribution is -0.141. The third-order valence-corrected chi connectivity index (χ3v) is 6.25. The lowest BCUT2D eigenvalue weighted by Crippen LogP contribution is -2.56. The van der Waals surface area contributed by atoms with Crippen LogP contribution >= 0.6 is 0 Å². The first-order chi connectivity index (χ1) is 16.7. The molecule has 0 unspecified atom stereocenters. The van der Waals surface area contributed by atoms with E-state index in [0.717, 1.165) is 10.8 Å². The summed E-state index contributed by atoms with van der Waals surface area (Å²) in [5.41, 5.74) is 0.445. The van der Waals surface area contributed by atoms with Crippen LogP contribution < -0.4 is 16.0 Å². The predicted molar refractivity (Wildman–Crippen MR) is 131 cm³/mol. The highest BCUT2D eigenvalue weighted by Gasteiger charge is 2.39. The molecule has 9 heteroatoms. The van der Waals surface area contributed by atoms with Crippen molar-refractivity contribution in [3.8, 4) is 0 Å². The maximum atomic E-state index is 13.5. The molecule has 1 heterocycles. The van der Waals surface area contributed by atoms with Gasteiger partial charge in [-0.05, 0) is 41.7 Å². The minimum absolute atomic E-state index is 0.178. The van der Waals surface area contributed by atoms with E-state index in [4.69, 9.17) is 0 Å². The fraction of sp³-hybridized carbons (Fsp3) is 0.423. The highest BCUT2D eigenvalue weighted by molar-refractivity contribution is 6.01. The molecule has 0 bridgehead atoms. The van der Waals surface area contributed by atoms with Gasteiger partial charge in [-0.1, -0.05) is 44.2 Å². The number of fused-ring (bicyclic) bond motifs is 1. The highest BCUT2D eigenvalue weighted by Crippen LogP contribution is 2.21. The van der Waals surface area contributed by atoms with E-state index < -0.39 is 24.0 Å². The number of amides is 4. The largest absolute Gasteiger partial charge is 0.359 e. The molecule has 0 radical (unpaired) electrons. The van der Waals surface area contributed by atoms with Crippen LogP contribution in [0.25, 0.3) is 10.8 Å². The normalized spacial score (nSPS) is 17.0. The molecular formula is C26H32N4O5. The average molecular weight is 481 g/mol. The Morgan fingerprint density at radius 2 is 1.77 bits per heavy atom. The Hall–Kier alpha value is -3.75. The standard InChI is InChI=1S/C26H32N4O5/c1-16(2)23(29-24(33)19-11-10-17-7-4-5-8-18(17)13-19)26(35)30-12-6-9-21(30)25(34)28-20(15-31)14-22(32)27-3/h4-5,7-8,10-11,13,15-16,20-21,23H,6,9,12,14H2,1-3H3,(H,27,32)(H,28,34)(H,29,33)/t20-,21-,23-/m0/s1. The molecular weight excluding hydrogens is 448 g/mol. The molecule has 1 fully saturated rings. The summed E-state index contributed by atoms with van der Waals surface area (Å²) in [7, 11) is 1.45. The van der Waals surface area contributed by atoms with Crippen molar-refractivity contribution in [1.82, 2.24) is 20.9 Å². The van der Waals surface area contributed by atoms with Gasteiger partial charge in [0.2, 0.25) is 17.7 Å². The van der Waals surface area contributed by atoms with E-state index in [9.17, 15) is 24.0 Å². The first-order valence-corrected chi connectivity index (χ1v) is 11.8. The lowest BCUT2D eigenvalue weighted by Gasteiger charge is -2.31. The second-order valence-corrected chi connectivity index (χ2v) is 9.08. The zero-order chi connectivity index (χ0) is 25.5. The predicted octanol–water partition coefficient (Wildman–Crippen LogP) is 1.41. The van der Waals surface area contributed by atoms with Gasteiger partial charge in [-0.2, -0.15) is 0 Å². The van der Waals surface area contributed by atoms with Crippen LogP contribution in [0.4, 0.5) is 0 Å².